The van der Waals surface area contributed by atoms with Crippen molar-refractivity contribution in [1.82, 2.24) is 5.32 Å². The molecule has 2 unspecified atom stereocenters. The minimum atomic E-state index is -0.809. The van der Waals surface area contributed by atoms with Gasteiger partial charge in [0.2, 0.25) is 0 Å². The second kappa shape index (κ2) is 6.91. The molecule has 0 aliphatic rings. The van der Waals surface area contributed by atoms with E-state index in [-0.39, 0.29) is 12.0 Å². The molecule has 0 amide bonds. The average Bonchev–Trinajstić information content (AvgIpc) is 2.34. The summed E-state index contributed by atoms with van der Waals surface area (Å²) < 4.78 is 6.24. The zero-order valence-electron chi connectivity index (χ0n) is 11.6. The SMILES string of the molecule is CNC(c1cc(Br)ccc1OC)C(C(=O)O)C(C)C. The quantitative estimate of drug-likeness (QED) is 0.842. The summed E-state index contributed by atoms with van der Waals surface area (Å²) >= 11 is 3.42. The molecule has 0 aliphatic carbocycles. The Hall–Kier alpha value is -1.07. The van der Waals surface area contributed by atoms with Crippen molar-refractivity contribution in [2.24, 2.45) is 11.8 Å². The highest BCUT2D eigenvalue weighted by molar-refractivity contribution is 9.10. The van der Waals surface area contributed by atoms with Gasteiger partial charge in [-0.15, -0.1) is 0 Å². The molecule has 106 valence electrons. The van der Waals surface area contributed by atoms with Crippen LogP contribution in [0.3, 0.4) is 0 Å². The first-order valence-electron chi connectivity index (χ1n) is 6.15. The molecule has 0 saturated heterocycles. The van der Waals surface area contributed by atoms with Gasteiger partial charge in [-0.05, 0) is 31.2 Å². The summed E-state index contributed by atoms with van der Waals surface area (Å²) in [5.41, 5.74) is 0.848. The fourth-order valence-corrected chi connectivity index (χ4v) is 2.67. The average molecular weight is 330 g/mol. The summed E-state index contributed by atoms with van der Waals surface area (Å²) in [7, 11) is 3.36. The molecule has 5 heteroatoms. The summed E-state index contributed by atoms with van der Waals surface area (Å²) in [6.45, 7) is 3.82. The van der Waals surface area contributed by atoms with Crippen LogP contribution >= 0.6 is 15.9 Å². The maximum absolute atomic E-state index is 11.5. The van der Waals surface area contributed by atoms with Crippen molar-refractivity contribution in [2.45, 2.75) is 19.9 Å². The van der Waals surface area contributed by atoms with Crippen molar-refractivity contribution >= 4 is 21.9 Å². The third kappa shape index (κ3) is 3.70. The van der Waals surface area contributed by atoms with Crippen LogP contribution < -0.4 is 10.1 Å². The van der Waals surface area contributed by atoms with E-state index in [9.17, 15) is 9.90 Å². The van der Waals surface area contributed by atoms with E-state index in [1.807, 2.05) is 32.0 Å². The van der Waals surface area contributed by atoms with Crippen LogP contribution in [0.5, 0.6) is 5.75 Å². The highest BCUT2D eigenvalue weighted by Gasteiger charge is 2.32. The molecule has 1 aromatic carbocycles. The molecule has 0 aromatic heterocycles. The van der Waals surface area contributed by atoms with Gasteiger partial charge in [-0.1, -0.05) is 29.8 Å². The minimum absolute atomic E-state index is 0.0126. The first-order chi connectivity index (χ1) is 8.92. The lowest BCUT2D eigenvalue weighted by molar-refractivity contribution is -0.144. The first kappa shape index (κ1) is 16.0. The lowest BCUT2D eigenvalue weighted by atomic mass is 9.84. The lowest BCUT2D eigenvalue weighted by Crippen LogP contribution is -2.34. The van der Waals surface area contributed by atoms with Gasteiger partial charge in [-0.3, -0.25) is 4.79 Å². The molecule has 2 N–H and O–H groups in total. The van der Waals surface area contributed by atoms with Crippen LogP contribution in [0.15, 0.2) is 22.7 Å². The molecule has 2 atom stereocenters. The maximum Gasteiger partial charge on any atom is 0.308 e. The van der Waals surface area contributed by atoms with E-state index < -0.39 is 11.9 Å². The summed E-state index contributed by atoms with van der Waals surface area (Å²) in [4.78, 5) is 11.5. The maximum atomic E-state index is 11.5. The van der Waals surface area contributed by atoms with Crippen LogP contribution in [-0.4, -0.2) is 25.2 Å². The normalized spacial score (nSPS) is 14.2. The number of benzene rings is 1. The Morgan fingerprint density at radius 2 is 2.05 bits per heavy atom. The van der Waals surface area contributed by atoms with Gasteiger partial charge in [0.1, 0.15) is 5.75 Å². The van der Waals surface area contributed by atoms with Gasteiger partial charge < -0.3 is 15.2 Å². The van der Waals surface area contributed by atoms with Crippen molar-refractivity contribution in [3.8, 4) is 5.75 Å². The number of hydrogen-bond donors (Lipinski definition) is 2. The molecular weight excluding hydrogens is 310 g/mol. The predicted molar refractivity (Wildman–Crippen MR) is 78.5 cm³/mol. The van der Waals surface area contributed by atoms with Gasteiger partial charge in [0.05, 0.1) is 13.0 Å². The van der Waals surface area contributed by atoms with E-state index in [4.69, 9.17) is 4.74 Å². The van der Waals surface area contributed by atoms with E-state index in [0.29, 0.717) is 5.75 Å². The van der Waals surface area contributed by atoms with Crippen LogP contribution in [0.25, 0.3) is 0 Å². The van der Waals surface area contributed by atoms with Gasteiger partial charge in [0.25, 0.3) is 0 Å². The Morgan fingerprint density at radius 1 is 1.42 bits per heavy atom. The van der Waals surface area contributed by atoms with Crippen LogP contribution in [0.4, 0.5) is 0 Å². The Bertz CT molecular complexity index is 448. The topological polar surface area (TPSA) is 58.6 Å². The van der Waals surface area contributed by atoms with Crippen molar-refractivity contribution in [3.63, 3.8) is 0 Å². The standard InChI is InChI=1S/C14H20BrNO3/c1-8(2)12(14(17)18)13(16-3)10-7-9(15)5-6-11(10)19-4/h5-8,12-13,16H,1-4H3,(H,17,18). The van der Waals surface area contributed by atoms with Crippen molar-refractivity contribution in [1.29, 1.82) is 0 Å². The van der Waals surface area contributed by atoms with Gasteiger partial charge in [0.15, 0.2) is 0 Å². The Balaban J connectivity index is 3.28. The highest BCUT2D eigenvalue weighted by atomic mass is 79.9. The van der Waals surface area contributed by atoms with Gasteiger partial charge in [-0.2, -0.15) is 0 Å². The van der Waals surface area contributed by atoms with Crippen LogP contribution in [0.2, 0.25) is 0 Å². The summed E-state index contributed by atoms with van der Waals surface area (Å²) in [6.07, 6.45) is 0. The van der Waals surface area contributed by atoms with E-state index >= 15 is 0 Å². The number of nitrogens with one attached hydrogen (secondary N) is 1. The number of methoxy groups -OCH3 is 1. The number of rotatable bonds is 6. The highest BCUT2D eigenvalue weighted by Crippen LogP contribution is 2.35. The number of carboxylic acid groups (broad SMARTS) is 1. The van der Waals surface area contributed by atoms with Gasteiger partial charge >= 0.3 is 5.97 Å². The van der Waals surface area contributed by atoms with Crippen molar-refractivity contribution in [3.05, 3.63) is 28.2 Å². The number of carboxylic acids is 1. The number of ether oxygens (including phenoxy) is 1. The van der Waals surface area contributed by atoms with Crippen molar-refractivity contribution in [2.75, 3.05) is 14.2 Å². The largest absolute Gasteiger partial charge is 0.496 e. The third-order valence-electron chi connectivity index (χ3n) is 3.20. The van der Waals surface area contributed by atoms with Gasteiger partial charge in [0, 0.05) is 16.1 Å². The van der Waals surface area contributed by atoms with Crippen LogP contribution in [-0.2, 0) is 4.79 Å². The molecule has 0 aliphatic heterocycles. The van der Waals surface area contributed by atoms with E-state index in [2.05, 4.69) is 21.2 Å². The Kier molecular flexibility index (Phi) is 5.82. The van der Waals surface area contributed by atoms with E-state index in [1.54, 1.807) is 14.2 Å². The monoisotopic (exact) mass is 329 g/mol. The fourth-order valence-electron chi connectivity index (χ4n) is 2.29. The third-order valence-corrected chi connectivity index (χ3v) is 3.69. The molecule has 0 fully saturated rings. The van der Waals surface area contributed by atoms with Crippen LogP contribution in [0.1, 0.15) is 25.5 Å². The molecule has 4 nitrogen and oxygen atoms in total. The molecule has 0 saturated carbocycles. The lowest BCUT2D eigenvalue weighted by Gasteiger charge is -2.28. The smallest absolute Gasteiger partial charge is 0.308 e. The molecule has 19 heavy (non-hydrogen) atoms. The minimum Gasteiger partial charge on any atom is -0.496 e. The summed E-state index contributed by atoms with van der Waals surface area (Å²) in [6, 6.07) is 5.31. The predicted octanol–water partition coefficient (Wildman–Crippen LogP) is 3.08. The van der Waals surface area contributed by atoms with Gasteiger partial charge in [-0.25, -0.2) is 0 Å². The molecule has 0 radical (unpaired) electrons. The Labute approximate surface area is 122 Å². The van der Waals surface area contributed by atoms with Crippen molar-refractivity contribution < 1.29 is 14.6 Å². The zero-order valence-corrected chi connectivity index (χ0v) is 13.2. The Morgan fingerprint density at radius 3 is 2.47 bits per heavy atom. The molecular formula is C14H20BrNO3. The number of hydrogen-bond acceptors (Lipinski definition) is 3. The molecule has 0 heterocycles. The second-order valence-electron chi connectivity index (χ2n) is 4.76. The van der Waals surface area contributed by atoms with E-state index in [1.165, 1.54) is 0 Å². The second-order valence-corrected chi connectivity index (χ2v) is 5.68. The first-order valence-corrected chi connectivity index (χ1v) is 6.95. The molecule has 0 spiro atoms. The number of aliphatic carboxylic acids is 1. The summed E-state index contributed by atoms with van der Waals surface area (Å²) in [5.74, 6) is -0.627. The van der Waals surface area contributed by atoms with E-state index in [0.717, 1.165) is 10.0 Å². The fraction of sp³-hybridized carbons (Fsp3) is 0.500. The van der Waals surface area contributed by atoms with Crippen LogP contribution in [0, 0.1) is 11.8 Å². The molecule has 1 rings (SSSR count). The molecule has 1 aromatic rings. The number of halogens is 1. The zero-order chi connectivity index (χ0) is 14.6. The molecule has 0 bridgehead atoms. The summed E-state index contributed by atoms with van der Waals surface area (Å²) in [5, 5.41) is 12.5. The number of carbonyl (C=O) groups is 1.